The molecule has 10 heavy (non-hydrogen) atoms. The van der Waals surface area contributed by atoms with Crippen molar-refractivity contribution in [1.82, 2.24) is 0 Å². The van der Waals surface area contributed by atoms with E-state index < -0.39 is 0 Å². The van der Waals surface area contributed by atoms with Gasteiger partial charge in [0.2, 0.25) is 0 Å². The van der Waals surface area contributed by atoms with Gasteiger partial charge in [0.1, 0.15) is 5.84 Å². The van der Waals surface area contributed by atoms with Gasteiger partial charge < -0.3 is 11.6 Å². The van der Waals surface area contributed by atoms with E-state index in [9.17, 15) is 0 Å². The third-order valence-corrected chi connectivity index (χ3v) is 2.54. The molecule has 0 atom stereocenters. The largest absolute Gasteiger partial charge is 0.385 e. The third kappa shape index (κ3) is 0.856. The van der Waals surface area contributed by atoms with Gasteiger partial charge in [-0.3, -0.25) is 0 Å². The first-order chi connectivity index (χ1) is 4.63. The molecule has 0 amide bonds. The molecule has 0 aromatic rings. The van der Waals surface area contributed by atoms with Gasteiger partial charge in [-0.25, -0.2) is 0 Å². The van der Waals surface area contributed by atoms with Crippen LogP contribution in [0.15, 0.2) is 5.10 Å². The summed E-state index contributed by atoms with van der Waals surface area (Å²) in [5, 5.41) is 3.54. The summed E-state index contributed by atoms with van der Waals surface area (Å²) in [5.41, 5.74) is 5.80. The average Bonchev–Trinajstić information content (AvgIpc) is 2.65. The van der Waals surface area contributed by atoms with Gasteiger partial charge in [0.25, 0.3) is 0 Å². The van der Waals surface area contributed by atoms with Gasteiger partial charge in [0.15, 0.2) is 0 Å². The molecule has 0 saturated heterocycles. The molecule has 1 rings (SSSR count). The highest BCUT2D eigenvalue weighted by atomic mass is 15.2. The molecule has 0 aliphatic heterocycles. The van der Waals surface area contributed by atoms with Crippen LogP contribution in [0.4, 0.5) is 0 Å². The van der Waals surface area contributed by atoms with Crippen molar-refractivity contribution in [3.63, 3.8) is 0 Å². The lowest BCUT2D eigenvalue weighted by Gasteiger charge is -2.17. The minimum Gasteiger partial charge on any atom is -0.385 e. The van der Waals surface area contributed by atoms with E-state index in [1.165, 1.54) is 0 Å². The quantitative estimate of drug-likeness (QED) is 0.257. The van der Waals surface area contributed by atoms with Crippen molar-refractivity contribution in [3.8, 4) is 0 Å². The maximum atomic E-state index is 5.64. The summed E-state index contributed by atoms with van der Waals surface area (Å²) in [7, 11) is 0. The number of hydrogen-bond acceptors (Lipinski definition) is 2. The second-order valence-corrected chi connectivity index (χ2v) is 3.33. The molecule has 3 nitrogen and oxygen atoms in total. The summed E-state index contributed by atoms with van der Waals surface area (Å²) in [6.45, 7) is 4.32. The van der Waals surface area contributed by atoms with Crippen molar-refractivity contribution >= 4 is 5.84 Å². The van der Waals surface area contributed by atoms with Crippen LogP contribution in [0.1, 0.15) is 26.7 Å². The van der Waals surface area contributed by atoms with Crippen LogP contribution in [-0.2, 0) is 0 Å². The molecule has 1 aliphatic rings. The zero-order valence-electron chi connectivity index (χ0n) is 6.59. The van der Waals surface area contributed by atoms with Crippen LogP contribution in [0.5, 0.6) is 0 Å². The highest BCUT2D eigenvalue weighted by molar-refractivity contribution is 5.89. The average molecular weight is 141 g/mol. The van der Waals surface area contributed by atoms with E-state index in [-0.39, 0.29) is 5.41 Å². The summed E-state index contributed by atoms with van der Waals surface area (Å²) in [6.07, 6.45) is 2.30. The van der Waals surface area contributed by atoms with Crippen LogP contribution < -0.4 is 11.6 Å². The number of hydrazone groups is 1. The Morgan fingerprint density at radius 1 is 1.50 bits per heavy atom. The fourth-order valence-electron chi connectivity index (χ4n) is 1.39. The molecule has 0 unspecified atom stereocenters. The van der Waals surface area contributed by atoms with Gasteiger partial charge in [-0.05, 0) is 18.8 Å². The Labute approximate surface area is 61.5 Å². The van der Waals surface area contributed by atoms with Crippen molar-refractivity contribution in [2.24, 2.45) is 28.0 Å². The van der Waals surface area contributed by atoms with E-state index in [2.05, 4.69) is 18.9 Å². The highest BCUT2D eigenvalue weighted by Crippen LogP contribution is 2.51. The normalized spacial score (nSPS) is 23.3. The zero-order valence-corrected chi connectivity index (χ0v) is 6.59. The monoisotopic (exact) mass is 141 g/mol. The van der Waals surface area contributed by atoms with Gasteiger partial charge in [-0.1, -0.05) is 13.8 Å². The van der Waals surface area contributed by atoms with Crippen LogP contribution in [-0.4, -0.2) is 5.84 Å². The molecular formula is C7H15N3. The Bertz CT molecular complexity index is 156. The number of nitrogens with two attached hydrogens (primary N) is 2. The van der Waals surface area contributed by atoms with E-state index >= 15 is 0 Å². The van der Waals surface area contributed by atoms with Gasteiger partial charge >= 0.3 is 0 Å². The minimum absolute atomic E-state index is 0.161. The Morgan fingerprint density at radius 3 is 2.10 bits per heavy atom. The first-order valence-corrected chi connectivity index (χ1v) is 3.67. The lowest BCUT2D eigenvalue weighted by molar-refractivity contribution is 0.473. The summed E-state index contributed by atoms with van der Waals surface area (Å²) in [4.78, 5) is 0. The molecule has 1 aliphatic carbocycles. The van der Waals surface area contributed by atoms with Gasteiger partial charge in [-0.15, -0.1) is 0 Å². The van der Waals surface area contributed by atoms with Crippen LogP contribution in [0.2, 0.25) is 0 Å². The SMILES string of the molecule is CC(C)C1(/C(N)=N/N)CC1. The lowest BCUT2D eigenvalue weighted by atomic mass is 9.91. The van der Waals surface area contributed by atoms with Crippen LogP contribution >= 0.6 is 0 Å². The Balaban J connectivity index is 2.70. The summed E-state index contributed by atoms with van der Waals surface area (Å²) >= 11 is 0. The van der Waals surface area contributed by atoms with E-state index in [1.54, 1.807) is 0 Å². The van der Waals surface area contributed by atoms with Crippen molar-refractivity contribution in [2.75, 3.05) is 0 Å². The molecule has 3 heteroatoms. The highest BCUT2D eigenvalue weighted by Gasteiger charge is 2.49. The number of rotatable bonds is 2. The third-order valence-electron chi connectivity index (χ3n) is 2.54. The first-order valence-electron chi connectivity index (χ1n) is 3.67. The standard InChI is InChI=1S/C7H15N3/c1-5(2)7(3-4-7)6(8)10-9/h5H,3-4,9H2,1-2H3,(H2,8,10). The van der Waals surface area contributed by atoms with E-state index in [0.717, 1.165) is 12.8 Å². The summed E-state index contributed by atoms with van der Waals surface area (Å²) in [6, 6.07) is 0. The van der Waals surface area contributed by atoms with Crippen LogP contribution in [0, 0.1) is 11.3 Å². The smallest absolute Gasteiger partial charge is 0.125 e. The lowest BCUT2D eigenvalue weighted by Crippen LogP contribution is -2.30. The fourth-order valence-corrected chi connectivity index (χ4v) is 1.39. The Morgan fingerprint density at radius 2 is 2.00 bits per heavy atom. The second kappa shape index (κ2) is 2.15. The fraction of sp³-hybridized carbons (Fsp3) is 0.857. The predicted octanol–water partition coefficient (Wildman–Crippen LogP) is 0.654. The maximum Gasteiger partial charge on any atom is 0.125 e. The topological polar surface area (TPSA) is 64.4 Å². The molecule has 1 fully saturated rings. The molecule has 0 spiro atoms. The summed E-state index contributed by atoms with van der Waals surface area (Å²) < 4.78 is 0. The molecule has 0 radical (unpaired) electrons. The van der Waals surface area contributed by atoms with Crippen LogP contribution in [0.3, 0.4) is 0 Å². The van der Waals surface area contributed by atoms with E-state index in [1.807, 2.05) is 0 Å². The Kier molecular flexibility index (Phi) is 1.58. The molecule has 4 N–H and O–H groups in total. The molecule has 0 bridgehead atoms. The van der Waals surface area contributed by atoms with Gasteiger partial charge in [0.05, 0.1) is 0 Å². The number of amidine groups is 1. The maximum absolute atomic E-state index is 5.64. The predicted molar refractivity (Wildman–Crippen MR) is 42.3 cm³/mol. The van der Waals surface area contributed by atoms with Crippen molar-refractivity contribution < 1.29 is 0 Å². The molecule has 0 aromatic heterocycles. The second-order valence-electron chi connectivity index (χ2n) is 3.33. The number of nitrogens with zero attached hydrogens (tertiary/aromatic N) is 1. The van der Waals surface area contributed by atoms with Crippen LogP contribution in [0.25, 0.3) is 0 Å². The molecule has 1 saturated carbocycles. The van der Waals surface area contributed by atoms with E-state index in [0.29, 0.717) is 11.8 Å². The Hall–Kier alpha value is -0.730. The molecule has 0 aromatic carbocycles. The minimum atomic E-state index is 0.161. The molecule has 0 heterocycles. The summed E-state index contributed by atoms with van der Waals surface area (Å²) in [5.74, 6) is 6.30. The molecule has 58 valence electrons. The first kappa shape index (κ1) is 7.38. The van der Waals surface area contributed by atoms with Crippen molar-refractivity contribution in [2.45, 2.75) is 26.7 Å². The zero-order chi connectivity index (χ0) is 7.78. The van der Waals surface area contributed by atoms with Crippen molar-refractivity contribution in [1.29, 1.82) is 0 Å². The van der Waals surface area contributed by atoms with Gasteiger partial charge in [0, 0.05) is 5.41 Å². The van der Waals surface area contributed by atoms with Crippen molar-refractivity contribution in [3.05, 3.63) is 0 Å². The van der Waals surface area contributed by atoms with E-state index in [4.69, 9.17) is 11.6 Å². The molecular weight excluding hydrogens is 126 g/mol. The number of hydrogen-bond donors (Lipinski definition) is 2. The van der Waals surface area contributed by atoms with Gasteiger partial charge in [-0.2, -0.15) is 5.10 Å².